The van der Waals surface area contributed by atoms with Gasteiger partial charge in [-0.15, -0.1) is 10.2 Å². The number of nitrogens with one attached hydrogen (secondary N) is 1. The van der Waals surface area contributed by atoms with Crippen molar-refractivity contribution < 1.29 is 9.53 Å². The zero-order valence-electron chi connectivity index (χ0n) is 13.3. The predicted molar refractivity (Wildman–Crippen MR) is 98.7 cm³/mol. The van der Waals surface area contributed by atoms with E-state index in [0.29, 0.717) is 15.9 Å². The molecule has 1 heterocycles. The van der Waals surface area contributed by atoms with Gasteiger partial charge >= 0.3 is 0 Å². The molecule has 128 valence electrons. The fourth-order valence-corrected chi connectivity index (χ4v) is 3.06. The molecule has 0 radical (unpaired) electrons. The summed E-state index contributed by atoms with van der Waals surface area (Å²) in [4.78, 5) is 12.1. The summed E-state index contributed by atoms with van der Waals surface area (Å²) in [5.41, 5.74) is 1.55. The molecule has 6 nitrogen and oxygen atoms in total. The lowest BCUT2D eigenvalue weighted by Crippen LogP contribution is -2.14. The lowest BCUT2D eigenvalue weighted by atomic mass is 10.3. The minimum absolute atomic E-state index is 0.142. The average Bonchev–Trinajstić information content (AvgIpc) is 3.08. The first-order valence-electron chi connectivity index (χ1n) is 7.38. The molecule has 0 unspecified atom stereocenters. The Bertz CT molecular complexity index is 867. The molecule has 2 aromatic carbocycles. The van der Waals surface area contributed by atoms with Crippen molar-refractivity contribution in [2.45, 2.75) is 5.16 Å². The van der Waals surface area contributed by atoms with E-state index < -0.39 is 0 Å². The molecular weight excluding hydrogens is 360 g/mol. The topological polar surface area (TPSA) is 69.0 Å². The molecule has 0 saturated carbocycles. The van der Waals surface area contributed by atoms with Crippen molar-refractivity contribution in [1.29, 1.82) is 0 Å². The average molecular weight is 375 g/mol. The van der Waals surface area contributed by atoms with E-state index >= 15 is 0 Å². The summed E-state index contributed by atoms with van der Waals surface area (Å²) in [6, 6.07) is 14.5. The summed E-state index contributed by atoms with van der Waals surface area (Å²) >= 11 is 7.21. The summed E-state index contributed by atoms with van der Waals surface area (Å²) in [6.45, 7) is 0. The molecule has 1 N–H and O–H groups in total. The highest BCUT2D eigenvalue weighted by molar-refractivity contribution is 7.99. The number of methoxy groups -OCH3 is 1. The lowest BCUT2D eigenvalue weighted by Gasteiger charge is -2.08. The van der Waals surface area contributed by atoms with E-state index in [2.05, 4.69) is 15.5 Å². The molecule has 0 fully saturated rings. The van der Waals surface area contributed by atoms with Crippen molar-refractivity contribution >= 4 is 35.0 Å². The zero-order chi connectivity index (χ0) is 17.6. The van der Waals surface area contributed by atoms with E-state index in [-0.39, 0.29) is 11.7 Å². The molecule has 1 aromatic heterocycles. The minimum Gasteiger partial charge on any atom is -0.497 e. The first kappa shape index (κ1) is 17.3. The first-order valence-corrected chi connectivity index (χ1v) is 8.75. The standard InChI is InChI=1S/C17H15ClN4O2S/c1-24-15-7-5-14(6-8-15)22-11-19-21-17(22)25-10-16(23)20-13-4-2-3-12(18)9-13/h2-9,11H,10H2,1H3,(H,20,23). The highest BCUT2D eigenvalue weighted by Crippen LogP contribution is 2.22. The van der Waals surface area contributed by atoms with Gasteiger partial charge in [-0.25, -0.2) is 0 Å². The van der Waals surface area contributed by atoms with Crippen LogP contribution in [0.4, 0.5) is 5.69 Å². The lowest BCUT2D eigenvalue weighted by molar-refractivity contribution is -0.113. The number of hydrogen-bond acceptors (Lipinski definition) is 5. The van der Waals surface area contributed by atoms with Crippen LogP contribution in [0.3, 0.4) is 0 Å². The van der Waals surface area contributed by atoms with E-state index in [1.807, 2.05) is 28.8 Å². The van der Waals surface area contributed by atoms with Gasteiger partial charge in [-0.05, 0) is 42.5 Å². The van der Waals surface area contributed by atoms with Crippen molar-refractivity contribution in [3.8, 4) is 11.4 Å². The third-order valence-corrected chi connectivity index (χ3v) is 4.49. The molecule has 3 rings (SSSR count). The van der Waals surface area contributed by atoms with Gasteiger partial charge in [-0.1, -0.05) is 29.4 Å². The van der Waals surface area contributed by atoms with E-state index in [1.165, 1.54) is 11.8 Å². The second kappa shape index (κ2) is 8.04. The van der Waals surface area contributed by atoms with Gasteiger partial charge < -0.3 is 10.1 Å². The Morgan fingerprint density at radius 2 is 2.08 bits per heavy atom. The second-order valence-electron chi connectivity index (χ2n) is 5.03. The van der Waals surface area contributed by atoms with Crippen LogP contribution in [-0.2, 0) is 4.79 Å². The number of benzene rings is 2. The number of ether oxygens (including phenoxy) is 1. The van der Waals surface area contributed by atoms with E-state index in [9.17, 15) is 4.79 Å². The van der Waals surface area contributed by atoms with Gasteiger partial charge in [-0.3, -0.25) is 9.36 Å². The SMILES string of the molecule is COc1ccc(-n2cnnc2SCC(=O)Nc2cccc(Cl)c2)cc1. The summed E-state index contributed by atoms with van der Waals surface area (Å²) in [7, 11) is 1.62. The summed E-state index contributed by atoms with van der Waals surface area (Å²) < 4.78 is 6.97. The summed E-state index contributed by atoms with van der Waals surface area (Å²) in [6.07, 6.45) is 1.61. The highest BCUT2D eigenvalue weighted by atomic mass is 35.5. The van der Waals surface area contributed by atoms with Gasteiger partial charge in [0.05, 0.1) is 12.9 Å². The normalized spacial score (nSPS) is 10.5. The zero-order valence-corrected chi connectivity index (χ0v) is 14.9. The largest absolute Gasteiger partial charge is 0.497 e. The van der Waals surface area contributed by atoms with Crippen molar-refractivity contribution in [3.63, 3.8) is 0 Å². The molecule has 0 bridgehead atoms. The molecule has 0 aliphatic carbocycles. The third-order valence-electron chi connectivity index (χ3n) is 3.31. The maximum absolute atomic E-state index is 12.1. The molecule has 0 aliphatic rings. The van der Waals surface area contributed by atoms with Crippen LogP contribution >= 0.6 is 23.4 Å². The molecule has 0 aliphatic heterocycles. The van der Waals surface area contributed by atoms with Crippen LogP contribution in [0.25, 0.3) is 5.69 Å². The van der Waals surface area contributed by atoms with Gasteiger partial charge in [0.1, 0.15) is 12.1 Å². The minimum atomic E-state index is -0.142. The maximum Gasteiger partial charge on any atom is 0.234 e. The van der Waals surface area contributed by atoms with E-state index in [1.54, 1.807) is 37.7 Å². The molecule has 0 spiro atoms. The van der Waals surface area contributed by atoms with Crippen LogP contribution in [-0.4, -0.2) is 33.5 Å². The molecule has 3 aromatic rings. The maximum atomic E-state index is 12.1. The monoisotopic (exact) mass is 374 g/mol. The number of nitrogens with zero attached hydrogens (tertiary/aromatic N) is 3. The van der Waals surface area contributed by atoms with Crippen LogP contribution in [0.1, 0.15) is 0 Å². The number of amides is 1. The molecule has 8 heteroatoms. The Morgan fingerprint density at radius 3 is 2.80 bits per heavy atom. The van der Waals surface area contributed by atoms with Crippen LogP contribution in [0.15, 0.2) is 60.0 Å². The van der Waals surface area contributed by atoms with Crippen LogP contribution in [0, 0.1) is 0 Å². The Kier molecular flexibility index (Phi) is 5.57. The van der Waals surface area contributed by atoms with Gasteiger partial charge in [0.25, 0.3) is 0 Å². The number of anilines is 1. The number of aromatic nitrogens is 3. The Balaban J connectivity index is 1.64. The van der Waals surface area contributed by atoms with Gasteiger partial charge in [-0.2, -0.15) is 0 Å². The number of halogens is 1. The first-order chi connectivity index (χ1) is 12.2. The second-order valence-corrected chi connectivity index (χ2v) is 6.41. The van der Waals surface area contributed by atoms with Crippen LogP contribution < -0.4 is 10.1 Å². The Labute approximate surface area is 154 Å². The molecule has 0 atom stereocenters. The number of hydrogen-bond donors (Lipinski definition) is 1. The van der Waals surface area contributed by atoms with Gasteiger partial charge in [0.15, 0.2) is 5.16 Å². The number of carbonyl (C=O) groups excluding carboxylic acids is 1. The quantitative estimate of drug-likeness (QED) is 0.667. The summed E-state index contributed by atoms with van der Waals surface area (Å²) in [5, 5.41) is 12.0. The van der Waals surface area contributed by atoms with Crippen LogP contribution in [0.2, 0.25) is 5.02 Å². The fourth-order valence-electron chi connectivity index (χ4n) is 2.14. The molecule has 1 amide bonds. The molecule has 0 saturated heterocycles. The summed E-state index contributed by atoms with van der Waals surface area (Å²) in [5.74, 6) is 0.838. The van der Waals surface area contributed by atoms with Crippen molar-refractivity contribution in [1.82, 2.24) is 14.8 Å². The predicted octanol–water partition coefficient (Wildman–Crippen LogP) is 3.66. The van der Waals surface area contributed by atoms with Crippen molar-refractivity contribution in [3.05, 3.63) is 59.9 Å². The van der Waals surface area contributed by atoms with E-state index in [0.717, 1.165) is 11.4 Å². The third kappa shape index (κ3) is 4.52. The van der Waals surface area contributed by atoms with E-state index in [4.69, 9.17) is 16.3 Å². The number of thioether (sulfide) groups is 1. The van der Waals surface area contributed by atoms with Gasteiger partial charge in [0.2, 0.25) is 5.91 Å². The number of rotatable bonds is 6. The van der Waals surface area contributed by atoms with Crippen molar-refractivity contribution in [2.75, 3.05) is 18.2 Å². The Hall–Kier alpha value is -2.51. The smallest absolute Gasteiger partial charge is 0.234 e. The van der Waals surface area contributed by atoms with Crippen molar-refractivity contribution in [2.24, 2.45) is 0 Å². The fraction of sp³-hybridized carbons (Fsp3) is 0.118. The highest BCUT2D eigenvalue weighted by Gasteiger charge is 2.10. The van der Waals surface area contributed by atoms with Gasteiger partial charge in [0, 0.05) is 16.4 Å². The Morgan fingerprint density at radius 1 is 1.28 bits per heavy atom. The number of carbonyl (C=O) groups is 1. The molecular formula is C17H15ClN4O2S. The molecule has 25 heavy (non-hydrogen) atoms. The van der Waals surface area contributed by atoms with Crippen LogP contribution in [0.5, 0.6) is 5.75 Å².